The topological polar surface area (TPSA) is 75.7 Å². The van der Waals surface area contributed by atoms with E-state index in [1.54, 1.807) is 31.4 Å². The fourth-order valence-electron chi connectivity index (χ4n) is 3.51. The number of nitrogens with one attached hydrogen (secondary N) is 1. The first-order valence-electron chi connectivity index (χ1n) is 10.2. The number of hydrogen-bond donors (Lipinski definition) is 1. The standard InChI is InChI=1S/C24H24N2O4S2/c1-30-21-11-7-18(8-12-21)17-25-23(27)24-26(15-16-31-24)32(28,29)22-13-9-20(10-14-22)19-5-3-2-4-6-19/h2-14,24H,15-17H2,1H3,(H,25,27). The van der Waals surface area contributed by atoms with Crippen molar-refractivity contribution in [3.8, 4) is 16.9 Å². The summed E-state index contributed by atoms with van der Waals surface area (Å²) in [5.74, 6) is 0.997. The Morgan fingerprint density at radius 3 is 2.31 bits per heavy atom. The lowest BCUT2D eigenvalue weighted by atomic mass is 10.1. The maximum Gasteiger partial charge on any atom is 0.249 e. The van der Waals surface area contributed by atoms with Gasteiger partial charge in [0.05, 0.1) is 12.0 Å². The molecule has 4 rings (SSSR count). The van der Waals surface area contributed by atoms with E-state index in [0.717, 1.165) is 22.4 Å². The van der Waals surface area contributed by atoms with Crippen LogP contribution in [0.4, 0.5) is 0 Å². The summed E-state index contributed by atoms with van der Waals surface area (Å²) in [6.45, 7) is 0.619. The number of amides is 1. The Labute approximate surface area is 192 Å². The molecule has 0 aromatic heterocycles. The SMILES string of the molecule is COc1ccc(CNC(=O)C2SCCN2S(=O)(=O)c2ccc(-c3ccccc3)cc2)cc1. The zero-order chi connectivity index (χ0) is 22.6. The highest BCUT2D eigenvalue weighted by atomic mass is 32.2. The lowest BCUT2D eigenvalue weighted by Gasteiger charge is -2.22. The van der Waals surface area contributed by atoms with Crippen molar-refractivity contribution < 1.29 is 17.9 Å². The van der Waals surface area contributed by atoms with Crippen molar-refractivity contribution in [3.05, 3.63) is 84.4 Å². The third kappa shape index (κ3) is 4.82. The van der Waals surface area contributed by atoms with Gasteiger partial charge in [0.15, 0.2) is 0 Å². The van der Waals surface area contributed by atoms with Crippen LogP contribution in [-0.4, -0.2) is 43.4 Å². The average Bonchev–Trinajstić information content (AvgIpc) is 3.35. The first kappa shape index (κ1) is 22.4. The largest absolute Gasteiger partial charge is 0.497 e. The molecular weight excluding hydrogens is 444 g/mol. The summed E-state index contributed by atoms with van der Waals surface area (Å²) in [5.41, 5.74) is 2.87. The Hall–Kier alpha value is -2.81. The number of hydrogen-bond acceptors (Lipinski definition) is 5. The van der Waals surface area contributed by atoms with Crippen LogP contribution in [0.25, 0.3) is 11.1 Å². The van der Waals surface area contributed by atoms with Crippen LogP contribution >= 0.6 is 11.8 Å². The van der Waals surface area contributed by atoms with Gasteiger partial charge in [-0.05, 0) is 41.0 Å². The molecule has 0 bridgehead atoms. The number of nitrogens with zero attached hydrogens (tertiary/aromatic N) is 1. The second-order valence-electron chi connectivity index (χ2n) is 7.30. The number of methoxy groups -OCH3 is 1. The van der Waals surface area contributed by atoms with Gasteiger partial charge in [-0.3, -0.25) is 4.79 Å². The molecule has 1 heterocycles. The van der Waals surface area contributed by atoms with Gasteiger partial charge in [0, 0.05) is 18.8 Å². The van der Waals surface area contributed by atoms with E-state index in [9.17, 15) is 13.2 Å². The third-order valence-corrected chi connectivity index (χ3v) is 8.48. The predicted octanol–water partition coefficient (Wildman–Crippen LogP) is 3.74. The van der Waals surface area contributed by atoms with Gasteiger partial charge in [0.25, 0.3) is 0 Å². The van der Waals surface area contributed by atoms with Crippen molar-refractivity contribution in [2.24, 2.45) is 0 Å². The van der Waals surface area contributed by atoms with E-state index in [1.165, 1.54) is 16.1 Å². The predicted molar refractivity (Wildman–Crippen MR) is 127 cm³/mol. The molecule has 32 heavy (non-hydrogen) atoms. The monoisotopic (exact) mass is 468 g/mol. The molecular formula is C24H24N2O4S2. The van der Waals surface area contributed by atoms with Crippen LogP contribution in [0.15, 0.2) is 83.8 Å². The van der Waals surface area contributed by atoms with Crippen molar-refractivity contribution in [3.63, 3.8) is 0 Å². The van der Waals surface area contributed by atoms with Gasteiger partial charge in [-0.25, -0.2) is 8.42 Å². The third-order valence-electron chi connectivity index (χ3n) is 5.27. The van der Waals surface area contributed by atoms with Crippen molar-refractivity contribution >= 4 is 27.7 Å². The van der Waals surface area contributed by atoms with Crippen molar-refractivity contribution in [1.82, 2.24) is 9.62 Å². The lowest BCUT2D eigenvalue weighted by Crippen LogP contribution is -2.44. The number of rotatable bonds is 7. The maximum atomic E-state index is 13.3. The minimum Gasteiger partial charge on any atom is -0.497 e. The van der Waals surface area contributed by atoms with E-state index in [4.69, 9.17) is 4.74 Å². The molecule has 1 unspecified atom stereocenters. The fraction of sp³-hybridized carbons (Fsp3) is 0.208. The average molecular weight is 469 g/mol. The fourth-order valence-corrected chi connectivity index (χ4v) is 6.61. The van der Waals surface area contributed by atoms with Crippen LogP contribution in [0, 0.1) is 0 Å². The molecule has 6 nitrogen and oxygen atoms in total. The Bertz CT molecular complexity index is 1160. The molecule has 0 radical (unpaired) electrons. The quantitative estimate of drug-likeness (QED) is 0.572. The molecule has 1 saturated heterocycles. The number of ether oxygens (including phenoxy) is 1. The molecule has 1 aliphatic heterocycles. The summed E-state index contributed by atoms with van der Waals surface area (Å²) in [4.78, 5) is 13.0. The molecule has 0 aliphatic carbocycles. The number of carbonyl (C=O) groups is 1. The van der Waals surface area contributed by atoms with Gasteiger partial charge < -0.3 is 10.1 Å². The number of sulfonamides is 1. The highest BCUT2D eigenvalue weighted by Gasteiger charge is 2.40. The summed E-state index contributed by atoms with van der Waals surface area (Å²) in [7, 11) is -2.19. The van der Waals surface area contributed by atoms with E-state index < -0.39 is 15.4 Å². The second kappa shape index (κ2) is 9.77. The molecule has 3 aromatic carbocycles. The molecule has 1 aliphatic rings. The molecule has 0 spiro atoms. The Morgan fingerprint density at radius 2 is 1.66 bits per heavy atom. The van der Waals surface area contributed by atoms with E-state index in [1.807, 2.05) is 54.6 Å². The summed E-state index contributed by atoms with van der Waals surface area (Å²) >= 11 is 1.34. The normalized spacial score (nSPS) is 16.6. The molecule has 1 atom stereocenters. The van der Waals surface area contributed by atoms with Crippen LogP contribution in [0.1, 0.15) is 5.56 Å². The van der Waals surface area contributed by atoms with Crippen LogP contribution in [0.5, 0.6) is 5.75 Å². The van der Waals surface area contributed by atoms with E-state index in [-0.39, 0.29) is 10.8 Å². The zero-order valence-electron chi connectivity index (χ0n) is 17.6. The number of thioether (sulfide) groups is 1. The smallest absolute Gasteiger partial charge is 0.249 e. The van der Waals surface area contributed by atoms with E-state index >= 15 is 0 Å². The number of benzene rings is 3. The molecule has 166 valence electrons. The van der Waals surface area contributed by atoms with Crippen molar-refractivity contribution in [2.45, 2.75) is 16.8 Å². The Kier molecular flexibility index (Phi) is 6.83. The summed E-state index contributed by atoms with van der Waals surface area (Å²) in [6.07, 6.45) is 0. The first-order valence-corrected chi connectivity index (χ1v) is 12.7. The maximum absolute atomic E-state index is 13.3. The summed E-state index contributed by atoms with van der Waals surface area (Å²) in [5, 5.41) is 2.07. The second-order valence-corrected chi connectivity index (χ2v) is 10.4. The minimum atomic E-state index is -3.79. The van der Waals surface area contributed by atoms with Crippen LogP contribution in [0.2, 0.25) is 0 Å². The lowest BCUT2D eigenvalue weighted by molar-refractivity contribution is -0.122. The van der Waals surface area contributed by atoms with Gasteiger partial charge in [-0.2, -0.15) is 4.31 Å². The van der Waals surface area contributed by atoms with Gasteiger partial charge in [0.1, 0.15) is 11.1 Å². The molecule has 1 N–H and O–H groups in total. The zero-order valence-corrected chi connectivity index (χ0v) is 19.2. The Morgan fingerprint density at radius 1 is 1.00 bits per heavy atom. The van der Waals surface area contributed by atoms with Crippen LogP contribution in [0.3, 0.4) is 0 Å². The highest BCUT2D eigenvalue weighted by molar-refractivity contribution is 8.02. The minimum absolute atomic E-state index is 0.188. The molecule has 1 fully saturated rings. The van der Waals surface area contributed by atoms with Crippen LogP contribution < -0.4 is 10.1 Å². The van der Waals surface area contributed by atoms with Crippen molar-refractivity contribution in [2.75, 3.05) is 19.4 Å². The molecule has 1 amide bonds. The summed E-state index contributed by atoms with van der Waals surface area (Å²) < 4.78 is 32.9. The highest BCUT2D eigenvalue weighted by Crippen LogP contribution is 2.31. The first-order chi connectivity index (χ1) is 15.5. The summed E-state index contributed by atoms with van der Waals surface area (Å²) in [6, 6.07) is 23.9. The molecule has 3 aromatic rings. The Balaban J connectivity index is 1.45. The van der Waals surface area contributed by atoms with E-state index in [2.05, 4.69) is 5.32 Å². The molecule has 0 saturated carbocycles. The molecule has 8 heteroatoms. The van der Waals surface area contributed by atoms with Gasteiger partial charge in [-0.15, -0.1) is 11.8 Å². The number of carbonyl (C=O) groups excluding carboxylic acids is 1. The van der Waals surface area contributed by atoms with Crippen LogP contribution in [-0.2, 0) is 21.4 Å². The van der Waals surface area contributed by atoms with E-state index in [0.29, 0.717) is 18.8 Å². The van der Waals surface area contributed by atoms with Gasteiger partial charge in [-0.1, -0.05) is 54.6 Å². The van der Waals surface area contributed by atoms with Gasteiger partial charge in [0.2, 0.25) is 15.9 Å². The van der Waals surface area contributed by atoms with Gasteiger partial charge >= 0.3 is 0 Å². The van der Waals surface area contributed by atoms with Crippen molar-refractivity contribution in [1.29, 1.82) is 0 Å².